The Kier molecular flexibility index (Phi) is 3.86. The van der Waals surface area contributed by atoms with E-state index in [4.69, 9.17) is 17.3 Å². The van der Waals surface area contributed by atoms with Gasteiger partial charge in [-0.15, -0.1) is 0 Å². The topological polar surface area (TPSA) is 63.8 Å². The molecule has 106 valence electrons. The highest BCUT2D eigenvalue weighted by Crippen LogP contribution is 2.35. The van der Waals surface area contributed by atoms with Gasteiger partial charge in [0.15, 0.2) is 0 Å². The lowest BCUT2D eigenvalue weighted by Crippen LogP contribution is -2.01. The molecule has 0 fully saturated rings. The van der Waals surface area contributed by atoms with Gasteiger partial charge in [0, 0.05) is 21.9 Å². The smallest absolute Gasteiger partial charge is 0.224 e. The molecule has 0 spiro atoms. The molecule has 0 atom stereocenters. The van der Waals surface area contributed by atoms with Crippen molar-refractivity contribution in [3.05, 3.63) is 47.5 Å². The van der Waals surface area contributed by atoms with Crippen LogP contribution in [0, 0.1) is 0 Å². The molecule has 0 saturated heterocycles. The lowest BCUT2D eigenvalue weighted by molar-refractivity contribution is 1.19. The van der Waals surface area contributed by atoms with E-state index in [0.717, 1.165) is 25.7 Å². The second kappa shape index (κ2) is 5.79. The van der Waals surface area contributed by atoms with E-state index in [1.807, 2.05) is 42.5 Å². The Labute approximate surface area is 131 Å². The van der Waals surface area contributed by atoms with Crippen molar-refractivity contribution in [3.63, 3.8) is 0 Å². The van der Waals surface area contributed by atoms with E-state index in [-0.39, 0.29) is 0 Å². The van der Waals surface area contributed by atoms with Crippen molar-refractivity contribution >= 4 is 46.0 Å². The molecule has 0 amide bonds. The Morgan fingerprint density at radius 3 is 2.57 bits per heavy atom. The van der Waals surface area contributed by atoms with Gasteiger partial charge in [0.1, 0.15) is 5.82 Å². The molecule has 0 aliphatic carbocycles. The van der Waals surface area contributed by atoms with Crippen LogP contribution in [0.3, 0.4) is 0 Å². The predicted molar refractivity (Wildman–Crippen MR) is 89.1 cm³/mol. The molecule has 4 nitrogen and oxygen atoms in total. The number of hydrogen-bond donors (Lipinski definition) is 2. The first-order chi connectivity index (χ1) is 10.2. The zero-order valence-electron chi connectivity index (χ0n) is 11.3. The number of rotatable bonds is 3. The molecule has 1 heterocycles. The summed E-state index contributed by atoms with van der Waals surface area (Å²) in [4.78, 5) is 10.8. The molecular weight excluding hydrogens is 304 g/mol. The monoisotopic (exact) mass is 316 g/mol. The number of benzene rings is 2. The van der Waals surface area contributed by atoms with Gasteiger partial charge in [-0.25, -0.2) is 4.98 Å². The zero-order valence-corrected chi connectivity index (χ0v) is 12.9. The molecule has 0 radical (unpaired) electrons. The fourth-order valence-corrected chi connectivity index (χ4v) is 3.12. The fraction of sp³-hybridized carbons (Fsp3) is 0.0667. The molecule has 3 rings (SSSR count). The van der Waals surface area contributed by atoms with Gasteiger partial charge < -0.3 is 11.1 Å². The van der Waals surface area contributed by atoms with Gasteiger partial charge in [-0.1, -0.05) is 29.4 Å². The van der Waals surface area contributed by atoms with E-state index < -0.39 is 0 Å². The number of nitrogens with two attached hydrogens (primary N) is 1. The minimum atomic E-state index is 0.474. The normalized spacial score (nSPS) is 10.8. The van der Waals surface area contributed by atoms with Gasteiger partial charge in [0.05, 0.1) is 10.9 Å². The number of nitrogens with zero attached hydrogens (tertiary/aromatic N) is 2. The first-order valence-electron chi connectivity index (χ1n) is 6.35. The molecule has 0 bridgehead atoms. The number of nitrogen functional groups attached to an aromatic ring is 1. The van der Waals surface area contributed by atoms with Crippen LogP contribution in [-0.4, -0.2) is 17.0 Å². The van der Waals surface area contributed by atoms with Crippen LogP contribution in [-0.2, 0) is 0 Å². The summed E-state index contributed by atoms with van der Waals surface area (Å²) in [6.07, 6.45) is 0. The van der Waals surface area contributed by atoms with Crippen molar-refractivity contribution in [2.24, 2.45) is 0 Å². The van der Waals surface area contributed by atoms with Crippen LogP contribution in [0.5, 0.6) is 0 Å². The van der Waals surface area contributed by atoms with Crippen LogP contribution in [0.1, 0.15) is 0 Å². The maximum atomic E-state index is 6.09. The third kappa shape index (κ3) is 2.89. The van der Waals surface area contributed by atoms with Crippen LogP contribution in [0.15, 0.2) is 52.3 Å². The Bertz CT molecular complexity index is 790. The van der Waals surface area contributed by atoms with Gasteiger partial charge in [0.2, 0.25) is 5.95 Å². The number of nitrogens with one attached hydrogen (secondary N) is 1. The van der Waals surface area contributed by atoms with Gasteiger partial charge in [0.25, 0.3) is 0 Å². The lowest BCUT2D eigenvalue weighted by atomic mass is 10.2. The van der Waals surface area contributed by atoms with Crippen molar-refractivity contribution in [2.75, 3.05) is 18.1 Å². The van der Waals surface area contributed by atoms with E-state index in [1.54, 1.807) is 18.8 Å². The largest absolute Gasteiger partial charge is 0.383 e. The van der Waals surface area contributed by atoms with E-state index in [2.05, 4.69) is 15.3 Å². The molecule has 6 heteroatoms. The molecule has 3 aromatic rings. The quantitative estimate of drug-likeness (QED) is 0.763. The van der Waals surface area contributed by atoms with E-state index in [9.17, 15) is 0 Å². The van der Waals surface area contributed by atoms with E-state index >= 15 is 0 Å². The SMILES string of the molecule is CNc1nc(N)c2c(Sc3ccc(Cl)cc3)cccc2n1. The molecule has 21 heavy (non-hydrogen) atoms. The summed E-state index contributed by atoms with van der Waals surface area (Å²) in [7, 11) is 1.77. The number of hydrogen-bond acceptors (Lipinski definition) is 5. The predicted octanol–water partition coefficient (Wildman–Crippen LogP) is 4.06. The number of anilines is 2. The van der Waals surface area contributed by atoms with Crippen molar-refractivity contribution < 1.29 is 0 Å². The minimum absolute atomic E-state index is 0.474. The maximum Gasteiger partial charge on any atom is 0.224 e. The number of halogens is 1. The third-order valence-corrected chi connectivity index (χ3v) is 4.30. The standard InChI is InChI=1S/C15H13ClN4S/c1-18-15-19-11-3-2-4-12(13(11)14(17)20-15)21-10-7-5-9(16)6-8-10/h2-8H,1H3,(H3,17,18,19,20). The van der Waals surface area contributed by atoms with Crippen molar-refractivity contribution in [1.29, 1.82) is 0 Å². The Balaban J connectivity index is 2.08. The summed E-state index contributed by atoms with van der Waals surface area (Å²) < 4.78 is 0. The van der Waals surface area contributed by atoms with Crippen LogP contribution in [0.25, 0.3) is 10.9 Å². The van der Waals surface area contributed by atoms with E-state index in [1.165, 1.54) is 0 Å². The average molecular weight is 317 g/mol. The highest BCUT2D eigenvalue weighted by Gasteiger charge is 2.10. The second-order valence-corrected chi connectivity index (χ2v) is 5.94. The summed E-state index contributed by atoms with van der Waals surface area (Å²) in [6.45, 7) is 0. The first-order valence-corrected chi connectivity index (χ1v) is 7.54. The van der Waals surface area contributed by atoms with Gasteiger partial charge in [-0.05, 0) is 36.4 Å². The van der Waals surface area contributed by atoms with Gasteiger partial charge >= 0.3 is 0 Å². The van der Waals surface area contributed by atoms with Crippen molar-refractivity contribution in [1.82, 2.24) is 9.97 Å². The summed E-state index contributed by atoms with van der Waals surface area (Å²) >= 11 is 7.53. The van der Waals surface area contributed by atoms with Crippen molar-refractivity contribution in [3.8, 4) is 0 Å². The molecule has 2 aromatic carbocycles. The molecule has 0 aliphatic rings. The molecule has 0 unspecified atom stereocenters. The van der Waals surface area contributed by atoms with Crippen molar-refractivity contribution in [2.45, 2.75) is 9.79 Å². The van der Waals surface area contributed by atoms with Gasteiger partial charge in [-0.2, -0.15) is 4.98 Å². The number of aromatic nitrogens is 2. The summed E-state index contributed by atoms with van der Waals surface area (Å²) in [5, 5.41) is 4.50. The Morgan fingerprint density at radius 1 is 1.10 bits per heavy atom. The Hall–Kier alpha value is -1.98. The van der Waals surface area contributed by atoms with E-state index in [0.29, 0.717) is 11.8 Å². The highest BCUT2D eigenvalue weighted by molar-refractivity contribution is 7.99. The first kappa shape index (κ1) is 14.0. The lowest BCUT2D eigenvalue weighted by Gasteiger charge is -2.09. The molecule has 1 aromatic heterocycles. The minimum Gasteiger partial charge on any atom is -0.383 e. The zero-order chi connectivity index (χ0) is 14.8. The second-order valence-electron chi connectivity index (χ2n) is 4.39. The third-order valence-electron chi connectivity index (χ3n) is 2.98. The molecule has 0 saturated carbocycles. The Morgan fingerprint density at radius 2 is 1.86 bits per heavy atom. The van der Waals surface area contributed by atoms with Crippen LogP contribution in [0.2, 0.25) is 5.02 Å². The fourth-order valence-electron chi connectivity index (χ4n) is 2.01. The summed E-state index contributed by atoms with van der Waals surface area (Å²) in [5.74, 6) is 0.995. The average Bonchev–Trinajstić information content (AvgIpc) is 2.49. The van der Waals surface area contributed by atoms with Crippen LogP contribution in [0.4, 0.5) is 11.8 Å². The molecule has 3 N–H and O–H groups in total. The van der Waals surface area contributed by atoms with Crippen LogP contribution < -0.4 is 11.1 Å². The maximum absolute atomic E-state index is 6.09. The molecule has 0 aliphatic heterocycles. The molecular formula is C15H13ClN4S. The summed E-state index contributed by atoms with van der Waals surface area (Å²) in [5.41, 5.74) is 6.91. The summed E-state index contributed by atoms with van der Waals surface area (Å²) in [6, 6.07) is 13.6. The highest BCUT2D eigenvalue weighted by atomic mass is 35.5. The van der Waals surface area contributed by atoms with Gasteiger partial charge in [-0.3, -0.25) is 0 Å². The number of fused-ring (bicyclic) bond motifs is 1. The van der Waals surface area contributed by atoms with Crippen LogP contribution >= 0.6 is 23.4 Å².